The highest BCUT2D eigenvalue weighted by molar-refractivity contribution is 8.00. The summed E-state index contributed by atoms with van der Waals surface area (Å²) in [5.74, 6) is 0.0915. The van der Waals surface area contributed by atoms with Crippen LogP contribution < -0.4 is 10.6 Å². The lowest BCUT2D eigenvalue weighted by Crippen LogP contribution is -2.32. The molecule has 0 heterocycles. The Kier molecular flexibility index (Phi) is 12.4. The Hall–Kier alpha value is -1.34. The second-order valence-electron chi connectivity index (χ2n) is 7.42. The smallest absolute Gasteiger partial charge is 0.233 e. The second kappa shape index (κ2) is 14.7. The number of nitrogens with one attached hydrogen (secondary N) is 2. The Balaban J connectivity index is 1.49. The summed E-state index contributed by atoms with van der Waals surface area (Å²) in [5, 5.41) is 7.07. The molecule has 2 aromatic rings. The molecule has 4 nitrogen and oxygen atoms in total. The molecule has 2 rings (SSSR count). The van der Waals surface area contributed by atoms with Gasteiger partial charge in [-0.25, -0.2) is 0 Å². The number of halogens is 2. The second-order valence-corrected chi connectivity index (χ2v) is 11.1. The standard InChI is InChI=1S/C24H30Cl2N2O2S2/c1-17(31-21-11-7-19(25)8-12-21)23(29)27-15-5-3-4-6-16-28-24(30)18(2)32-22-13-9-20(26)10-14-22/h7-14,17-18H,3-6,15-16H2,1-2H3,(H,27,29)(H,28,30)/t17-,18-/m1/s1. The molecule has 0 spiro atoms. The molecule has 0 saturated carbocycles. The summed E-state index contributed by atoms with van der Waals surface area (Å²) in [4.78, 5) is 26.5. The van der Waals surface area contributed by atoms with E-state index in [2.05, 4.69) is 10.6 Å². The van der Waals surface area contributed by atoms with E-state index in [9.17, 15) is 9.59 Å². The fourth-order valence-electron chi connectivity index (χ4n) is 2.86. The van der Waals surface area contributed by atoms with E-state index >= 15 is 0 Å². The van der Waals surface area contributed by atoms with Gasteiger partial charge < -0.3 is 10.6 Å². The zero-order valence-corrected chi connectivity index (χ0v) is 21.5. The zero-order chi connectivity index (χ0) is 23.3. The fraction of sp³-hybridized carbons (Fsp3) is 0.417. The number of carbonyl (C=O) groups is 2. The van der Waals surface area contributed by atoms with E-state index in [1.54, 1.807) is 0 Å². The Bertz CT molecular complexity index is 777. The van der Waals surface area contributed by atoms with Crippen LogP contribution in [0.25, 0.3) is 0 Å². The van der Waals surface area contributed by atoms with Crippen LogP contribution in [0.4, 0.5) is 0 Å². The molecule has 2 amide bonds. The number of rotatable bonds is 13. The Morgan fingerprint density at radius 3 is 1.38 bits per heavy atom. The first-order valence-corrected chi connectivity index (χ1v) is 13.3. The van der Waals surface area contributed by atoms with Gasteiger partial charge in [0.15, 0.2) is 0 Å². The third-order valence-electron chi connectivity index (χ3n) is 4.69. The third-order valence-corrected chi connectivity index (χ3v) is 7.42. The zero-order valence-electron chi connectivity index (χ0n) is 18.4. The van der Waals surface area contributed by atoms with Crippen molar-refractivity contribution < 1.29 is 9.59 Å². The van der Waals surface area contributed by atoms with Crippen LogP contribution in [0.5, 0.6) is 0 Å². The third kappa shape index (κ3) is 10.5. The van der Waals surface area contributed by atoms with Crippen LogP contribution in [-0.4, -0.2) is 35.4 Å². The average Bonchev–Trinajstić information content (AvgIpc) is 2.78. The molecule has 0 fully saturated rings. The molecular weight excluding hydrogens is 483 g/mol. The summed E-state index contributed by atoms with van der Waals surface area (Å²) < 4.78 is 0. The highest BCUT2D eigenvalue weighted by atomic mass is 35.5. The topological polar surface area (TPSA) is 58.2 Å². The summed E-state index contributed by atoms with van der Waals surface area (Å²) in [7, 11) is 0. The van der Waals surface area contributed by atoms with E-state index in [-0.39, 0.29) is 22.3 Å². The Morgan fingerprint density at radius 2 is 1.03 bits per heavy atom. The maximum atomic E-state index is 12.2. The van der Waals surface area contributed by atoms with Gasteiger partial charge in [0.05, 0.1) is 10.5 Å². The van der Waals surface area contributed by atoms with Crippen molar-refractivity contribution in [3.8, 4) is 0 Å². The first-order chi connectivity index (χ1) is 15.3. The maximum absolute atomic E-state index is 12.2. The van der Waals surface area contributed by atoms with Crippen LogP contribution in [0.2, 0.25) is 10.0 Å². The van der Waals surface area contributed by atoms with Gasteiger partial charge in [-0.3, -0.25) is 9.59 Å². The predicted molar refractivity (Wildman–Crippen MR) is 138 cm³/mol. The molecule has 0 aliphatic heterocycles. The van der Waals surface area contributed by atoms with E-state index < -0.39 is 0 Å². The minimum Gasteiger partial charge on any atom is -0.355 e. The van der Waals surface area contributed by atoms with E-state index in [1.807, 2.05) is 62.4 Å². The molecule has 32 heavy (non-hydrogen) atoms. The molecule has 2 aromatic carbocycles. The normalized spacial score (nSPS) is 12.8. The van der Waals surface area contributed by atoms with E-state index in [1.165, 1.54) is 23.5 Å². The lowest BCUT2D eigenvalue weighted by Gasteiger charge is -2.13. The van der Waals surface area contributed by atoms with Gasteiger partial charge in [0.1, 0.15) is 0 Å². The van der Waals surface area contributed by atoms with Crippen molar-refractivity contribution in [1.29, 1.82) is 0 Å². The van der Waals surface area contributed by atoms with E-state index in [4.69, 9.17) is 23.2 Å². The van der Waals surface area contributed by atoms with Crippen LogP contribution in [0.1, 0.15) is 39.5 Å². The SMILES string of the molecule is C[C@@H](Sc1ccc(Cl)cc1)C(=O)NCCCCCCNC(=O)[C@@H](C)Sc1ccc(Cl)cc1. The molecule has 0 aromatic heterocycles. The van der Waals surface area contributed by atoms with Crippen LogP contribution in [0.3, 0.4) is 0 Å². The number of hydrogen-bond acceptors (Lipinski definition) is 4. The van der Waals surface area contributed by atoms with Crippen LogP contribution in [0.15, 0.2) is 58.3 Å². The van der Waals surface area contributed by atoms with Gasteiger partial charge >= 0.3 is 0 Å². The van der Waals surface area contributed by atoms with Gasteiger partial charge in [0.2, 0.25) is 11.8 Å². The molecule has 8 heteroatoms. The minimum absolute atomic E-state index is 0.0457. The molecule has 174 valence electrons. The molecule has 0 aliphatic rings. The molecule has 0 saturated heterocycles. The summed E-state index contributed by atoms with van der Waals surface area (Å²) in [6, 6.07) is 15.0. The highest BCUT2D eigenvalue weighted by Crippen LogP contribution is 2.25. The monoisotopic (exact) mass is 512 g/mol. The van der Waals surface area contributed by atoms with Crippen molar-refractivity contribution in [3.05, 3.63) is 58.6 Å². The number of carbonyl (C=O) groups excluding carboxylic acids is 2. The molecule has 0 unspecified atom stereocenters. The van der Waals surface area contributed by atoms with Gasteiger partial charge in [-0.1, -0.05) is 36.0 Å². The van der Waals surface area contributed by atoms with E-state index in [0.717, 1.165) is 35.5 Å². The van der Waals surface area contributed by atoms with E-state index in [0.29, 0.717) is 23.1 Å². The lowest BCUT2D eigenvalue weighted by molar-refractivity contribution is -0.121. The molecule has 2 atom stereocenters. The summed E-state index contributed by atoms with van der Waals surface area (Å²) in [6.07, 6.45) is 3.90. The number of thioether (sulfide) groups is 2. The Labute approximate surface area is 209 Å². The molecular formula is C24H30Cl2N2O2S2. The highest BCUT2D eigenvalue weighted by Gasteiger charge is 2.14. The number of unbranched alkanes of at least 4 members (excludes halogenated alkanes) is 3. The van der Waals surface area contributed by atoms with Crippen molar-refractivity contribution in [2.45, 2.75) is 59.8 Å². The quantitative estimate of drug-likeness (QED) is 0.239. The summed E-state index contributed by atoms with van der Waals surface area (Å²) in [5.41, 5.74) is 0. The van der Waals surface area contributed by atoms with Crippen molar-refractivity contribution in [2.75, 3.05) is 13.1 Å². The van der Waals surface area contributed by atoms with Gasteiger partial charge in [-0.15, -0.1) is 23.5 Å². The fourth-order valence-corrected chi connectivity index (χ4v) is 4.89. The van der Waals surface area contributed by atoms with Gasteiger partial charge in [0.25, 0.3) is 0 Å². The Morgan fingerprint density at radius 1 is 0.688 bits per heavy atom. The van der Waals surface area contributed by atoms with Crippen LogP contribution >= 0.6 is 46.7 Å². The molecule has 2 N–H and O–H groups in total. The predicted octanol–water partition coefficient (Wildman–Crippen LogP) is 6.45. The molecule has 0 bridgehead atoms. The van der Waals surface area contributed by atoms with Crippen LogP contribution in [0, 0.1) is 0 Å². The summed E-state index contributed by atoms with van der Waals surface area (Å²) in [6.45, 7) is 5.16. The van der Waals surface area contributed by atoms with Gasteiger partial charge in [-0.05, 0) is 75.2 Å². The number of benzene rings is 2. The first-order valence-electron chi connectivity index (χ1n) is 10.7. The largest absolute Gasteiger partial charge is 0.355 e. The van der Waals surface area contributed by atoms with Crippen LogP contribution in [-0.2, 0) is 9.59 Å². The molecule has 0 aliphatic carbocycles. The first kappa shape index (κ1) is 26.9. The number of hydrogen-bond donors (Lipinski definition) is 2. The maximum Gasteiger partial charge on any atom is 0.233 e. The van der Waals surface area contributed by atoms with Gasteiger partial charge in [0, 0.05) is 32.9 Å². The van der Waals surface area contributed by atoms with Gasteiger partial charge in [-0.2, -0.15) is 0 Å². The number of amides is 2. The van der Waals surface area contributed by atoms with Crippen molar-refractivity contribution in [3.63, 3.8) is 0 Å². The summed E-state index contributed by atoms with van der Waals surface area (Å²) >= 11 is 14.8. The van der Waals surface area contributed by atoms with Crippen molar-refractivity contribution in [1.82, 2.24) is 10.6 Å². The van der Waals surface area contributed by atoms with Crippen molar-refractivity contribution in [2.24, 2.45) is 0 Å². The van der Waals surface area contributed by atoms with Crippen molar-refractivity contribution >= 4 is 58.5 Å². The minimum atomic E-state index is -0.154. The average molecular weight is 514 g/mol. The lowest BCUT2D eigenvalue weighted by atomic mass is 10.2. The molecule has 0 radical (unpaired) electrons.